The molecular formula is C23H24N6O2S. The highest BCUT2D eigenvalue weighted by molar-refractivity contribution is 7.22. The number of benzene rings is 1. The minimum Gasteiger partial charge on any atom is -0.496 e. The summed E-state index contributed by atoms with van der Waals surface area (Å²) in [7, 11) is 5.60. The number of hydrogen-bond acceptors (Lipinski definition) is 7. The van der Waals surface area contributed by atoms with Gasteiger partial charge in [-0.3, -0.25) is 9.48 Å². The van der Waals surface area contributed by atoms with Gasteiger partial charge in [-0.05, 0) is 31.3 Å². The van der Waals surface area contributed by atoms with Crippen LogP contribution in [-0.4, -0.2) is 65.4 Å². The van der Waals surface area contributed by atoms with Gasteiger partial charge in [0.15, 0.2) is 0 Å². The van der Waals surface area contributed by atoms with E-state index in [9.17, 15) is 4.79 Å². The molecule has 1 amide bonds. The van der Waals surface area contributed by atoms with E-state index in [0.29, 0.717) is 17.4 Å². The van der Waals surface area contributed by atoms with Crippen LogP contribution in [0, 0.1) is 5.92 Å². The molecule has 5 heterocycles. The Kier molecular flexibility index (Phi) is 4.38. The molecule has 2 aliphatic heterocycles. The molecule has 0 unspecified atom stereocenters. The van der Waals surface area contributed by atoms with Crippen molar-refractivity contribution in [1.82, 2.24) is 19.7 Å². The number of likely N-dealkylation sites (N-methyl/N-ethyl adjacent to an activating group) is 1. The molecule has 6 rings (SSSR count). The van der Waals surface area contributed by atoms with Crippen LogP contribution < -0.4 is 15.0 Å². The summed E-state index contributed by atoms with van der Waals surface area (Å²) in [6.07, 6.45) is 1.89. The van der Waals surface area contributed by atoms with Gasteiger partial charge in [0.05, 0.1) is 23.2 Å². The Labute approximate surface area is 189 Å². The first-order valence-electron chi connectivity index (χ1n) is 10.7. The summed E-state index contributed by atoms with van der Waals surface area (Å²) in [6.45, 7) is 3.34. The van der Waals surface area contributed by atoms with Crippen molar-refractivity contribution in [3.63, 3.8) is 0 Å². The minimum absolute atomic E-state index is 0.209. The number of amides is 1. The first-order valence-corrected chi connectivity index (χ1v) is 11.5. The lowest BCUT2D eigenvalue weighted by Crippen LogP contribution is -2.56. The SMILES string of the molecule is COc1cc2nn(C)cc2cc1C(=O)Nc1cc2ccc(N3C[C@@H]4CN(C)C[C@@H]43)nc2s1. The fourth-order valence-corrected chi connectivity index (χ4v) is 5.86. The first-order chi connectivity index (χ1) is 15.5. The zero-order valence-electron chi connectivity index (χ0n) is 18.2. The summed E-state index contributed by atoms with van der Waals surface area (Å²) in [5.74, 6) is 2.07. The lowest BCUT2D eigenvalue weighted by Gasteiger charge is -2.44. The van der Waals surface area contributed by atoms with Gasteiger partial charge < -0.3 is 19.9 Å². The maximum Gasteiger partial charge on any atom is 0.260 e. The van der Waals surface area contributed by atoms with Gasteiger partial charge in [-0.15, -0.1) is 0 Å². The fourth-order valence-electron chi connectivity index (χ4n) is 4.94. The van der Waals surface area contributed by atoms with E-state index >= 15 is 0 Å². The van der Waals surface area contributed by atoms with Crippen LogP contribution >= 0.6 is 11.3 Å². The van der Waals surface area contributed by atoms with Crippen molar-refractivity contribution < 1.29 is 9.53 Å². The first kappa shape index (κ1) is 19.5. The van der Waals surface area contributed by atoms with Crippen molar-refractivity contribution in [2.24, 2.45) is 13.0 Å². The van der Waals surface area contributed by atoms with Crippen molar-refractivity contribution in [3.05, 3.63) is 42.1 Å². The number of likely N-dealkylation sites (tertiary alicyclic amines) is 1. The number of ether oxygens (including phenoxy) is 1. The number of nitrogens with zero attached hydrogens (tertiary/aromatic N) is 5. The zero-order valence-corrected chi connectivity index (χ0v) is 19.0. The summed E-state index contributed by atoms with van der Waals surface area (Å²) in [4.78, 5) is 23.7. The normalized spacial score (nSPS) is 20.5. The molecule has 2 fully saturated rings. The van der Waals surface area contributed by atoms with E-state index in [1.807, 2.05) is 25.4 Å². The molecule has 0 spiro atoms. The van der Waals surface area contributed by atoms with Crippen LogP contribution in [0.15, 0.2) is 36.5 Å². The minimum atomic E-state index is -0.209. The summed E-state index contributed by atoms with van der Waals surface area (Å²) in [6, 6.07) is 10.3. The number of nitrogens with one attached hydrogen (secondary N) is 1. The smallest absolute Gasteiger partial charge is 0.260 e. The molecule has 2 atom stereocenters. The maximum atomic E-state index is 13.1. The second kappa shape index (κ2) is 7.18. The highest BCUT2D eigenvalue weighted by atomic mass is 32.1. The van der Waals surface area contributed by atoms with Gasteiger partial charge in [-0.2, -0.15) is 5.10 Å². The number of aryl methyl sites for hydroxylation is 1. The molecule has 2 saturated heterocycles. The van der Waals surface area contributed by atoms with Crippen molar-refractivity contribution in [1.29, 1.82) is 0 Å². The molecule has 0 aliphatic carbocycles. The number of rotatable bonds is 4. The quantitative estimate of drug-likeness (QED) is 0.517. The van der Waals surface area contributed by atoms with Gasteiger partial charge in [0.25, 0.3) is 5.91 Å². The number of fused-ring (bicyclic) bond motifs is 3. The molecule has 8 nitrogen and oxygen atoms in total. The lowest BCUT2D eigenvalue weighted by atomic mass is 9.92. The summed E-state index contributed by atoms with van der Waals surface area (Å²) in [5, 5.41) is 10.1. The summed E-state index contributed by atoms with van der Waals surface area (Å²) in [5.41, 5.74) is 1.28. The van der Waals surface area contributed by atoms with E-state index in [0.717, 1.165) is 50.9 Å². The maximum absolute atomic E-state index is 13.1. The molecule has 4 aromatic rings. The molecule has 1 aromatic carbocycles. The Morgan fingerprint density at radius 2 is 2.03 bits per heavy atom. The average molecular weight is 449 g/mol. The van der Waals surface area contributed by atoms with E-state index in [4.69, 9.17) is 9.72 Å². The number of aromatic nitrogens is 3. The average Bonchev–Trinajstić information content (AvgIpc) is 3.41. The van der Waals surface area contributed by atoms with Crippen LogP contribution in [0.25, 0.3) is 21.1 Å². The number of hydrogen-bond donors (Lipinski definition) is 1. The Balaban J connectivity index is 1.26. The van der Waals surface area contributed by atoms with E-state index in [-0.39, 0.29) is 5.91 Å². The third-order valence-corrected chi connectivity index (χ3v) is 7.46. The van der Waals surface area contributed by atoms with Crippen molar-refractivity contribution in [3.8, 4) is 5.75 Å². The van der Waals surface area contributed by atoms with Crippen LogP contribution in [0.5, 0.6) is 5.75 Å². The van der Waals surface area contributed by atoms with Gasteiger partial charge in [0.2, 0.25) is 0 Å². The van der Waals surface area contributed by atoms with E-state index in [2.05, 4.69) is 39.4 Å². The molecule has 3 aromatic heterocycles. The van der Waals surface area contributed by atoms with E-state index in [1.54, 1.807) is 17.9 Å². The zero-order chi connectivity index (χ0) is 22.0. The number of carbonyl (C=O) groups is 1. The Morgan fingerprint density at radius 3 is 2.84 bits per heavy atom. The van der Waals surface area contributed by atoms with Crippen molar-refractivity contribution >= 4 is 49.2 Å². The van der Waals surface area contributed by atoms with Gasteiger partial charge in [-0.25, -0.2) is 4.98 Å². The largest absolute Gasteiger partial charge is 0.496 e. The molecule has 32 heavy (non-hydrogen) atoms. The third-order valence-electron chi connectivity index (χ3n) is 6.50. The van der Waals surface area contributed by atoms with Crippen LogP contribution in [0.4, 0.5) is 10.8 Å². The molecule has 0 radical (unpaired) electrons. The Hall–Kier alpha value is -3.17. The molecular weight excluding hydrogens is 424 g/mol. The van der Waals surface area contributed by atoms with Gasteiger partial charge >= 0.3 is 0 Å². The van der Waals surface area contributed by atoms with E-state index in [1.165, 1.54) is 17.9 Å². The number of pyridine rings is 1. The molecule has 2 aliphatic rings. The van der Waals surface area contributed by atoms with Crippen LogP contribution in [-0.2, 0) is 7.05 Å². The number of anilines is 2. The molecule has 0 bridgehead atoms. The standard InChI is InChI=1S/C23H24N6O2S/c1-27-9-15-11-29(18(15)12-27)20-5-4-13-7-21(32-23(13)24-20)25-22(30)16-6-14-10-28(2)26-17(14)8-19(16)31-3/h4-8,10,15,18H,9,11-12H2,1-3H3,(H,25,30)/t15-,18-/m0/s1. The highest BCUT2D eigenvalue weighted by Gasteiger charge is 2.44. The molecule has 164 valence electrons. The van der Waals surface area contributed by atoms with Gasteiger partial charge in [0, 0.05) is 61.7 Å². The van der Waals surface area contributed by atoms with Crippen LogP contribution in [0.3, 0.4) is 0 Å². The van der Waals surface area contributed by atoms with E-state index < -0.39 is 0 Å². The Morgan fingerprint density at radius 1 is 1.16 bits per heavy atom. The molecule has 1 N–H and O–H groups in total. The summed E-state index contributed by atoms with van der Waals surface area (Å²) < 4.78 is 7.18. The second-order valence-corrected chi connectivity index (χ2v) is 9.77. The lowest BCUT2D eigenvalue weighted by molar-refractivity contribution is 0.102. The Bertz CT molecular complexity index is 1360. The number of methoxy groups -OCH3 is 1. The summed E-state index contributed by atoms with van der Waals surface area (Å²) >= 11 is 1.50. The predicted molar refractivity (Wildman–Crippen MR) is 127 cm³/mol. The molecule has 0 saturated carbocycles. The fraction of sp³-hybridized carbons (Fsp3) is 0.348. The van der Waals surface area contributed by atoms with Crippen LogP contribution in [0.2, 0.25) is 0 Å². The van der Waals surface area contributed by atoms with Gasteiger partial charge in [0.1, 0.15) is 16.4 Å². The predicted octanol–water partition coefficient (Wildman–Crippen LogP) is 3.19. The number of thiophene rings is 1. The monoisotopic (exact) mass is 448 g/mol. The van der Waals surface area contributed by atoms with Crippen molar-refractivity contribution in [2.75, 3.05) is 44.0 Å². The molecule has 9 heteroatoms. The van der Waals surface area contributed by atoms with Crippen molar-refractivity contribution in [2.45, 2.75) is 6.04 Å². The van der Waals surface area contributed by atoms with Gasteiger partial charge in [-0.1, -0.05) is 11.3 Å². The number of carbonyl (C=O) groups excluding carboxylic acids is 1. The topological polar surface area (TPSA) is 75.5 Å². The highest BCUT2D eigenvalue weighted by Crippen LogP contribution is 2.37. The second-order valence-electron chi connectivity index (χ2n) is 8.74. The van der Waals surface area contributed by atoms with Crippen LogP contribution in [0.1, 0.15) is 10.4 Å². The third kappa shape index (κ3) is 3.11.